The van der Waals surface area contributed by atoms with Crippen molar-refractivity contribution in [2.75, 3.05) is 0 Å². The lowest BCUT2D eigenvalue weighted by atomic mass is 9.95. The van der Waals surface area contributed by atoms with Crippen LogP contribution in [0.1, 0.15) is 24.0 Å². The molecule has 2 heterocycles. The smallest absolute Gasteiger partial charge is 0.393 e. The van der Waals surface area contributed by atoms with Crippen molar-refractivity contribution in [2.24, 2.45) is 11.7 Å². The molecule has 1 aromatic heterocycles. The van der Waals surface area contributed by atoms with E-state index in [1.165, 1.54) is 10.8 Å². The molecule has 1 aliphatic rings. The minimum absolute atomic E-state index is 0.215. The summed E-state index contributed by atoms with van der Waals surface area (Å²) in [6.07, 6.45) is -3.50. The van der Waals surface area contributed by atoms with Gasteiger partial charge in [-0.25, -0.2) is 4.98 Å². The van der Waals surface area contributed by atoms with Crippen LogP contribution < -0.4 is 5.73 Å². The van der Waals surface area contributed by atoms with Crippen LogP contribution in [0.15, 0.2) is 6.20 Å². The summed E-state index contributed by atoms with van der Waals surface area (Å²) in [5.41, 5.74) is 5.88. The molecule has 100 valence electrons. The molecule has 0 bridgehead atoms. The standard InChI is InChI=1S/C10H12F3N3O2/c11-10(12,13)5-1-7(14)9-15-6(2-8(17)18)4-16(9)3-5/h4-5,7H,1-3,14H2,(H,17,18). The number of imidazole rings is 1. The summed E-state index contributed by atoms with van der Waals surface area (Å²) in [5.74, 6) is -2.26. The maximum atomic E-state index is 12.6. The Bertz CT molecular complexity index is 469. The summed E-state index contributed by atoms with van der Waals surface area (Å²) in [7, 11) is 0. The lowest BCUT2D eigenvalue weighted by molar-refractivity contribution is -0.184. The maximum Gasteiger partial charge on any atom is 0.393 e. The second-order valence-electron chi connectivity index (χ2n) is 4.39. The molecule has 0 saturated carbocycles. The summed E-state index contributed by atoms with van der Waals surface area (Å²) in [5, 5.41) is 8.61. The van der Waals surface area contributed by atoms with E-state index in [-0.39, 0.29) is 25.1 Å². The quantitative estimate of drug-likeness (QED) is 0.837. The van der Waals surface area contributed by atoms with Gasteiger partial charge in [0, 0.05) is 12.7 Å². The molecule has 1 aromatic rings. The van der Waals surface area contributed by atoms with Gasteiger partial charge in [-0.2, -0.15) is 13.2 Å². The highest BCUT2D eigenvalue weighted by molar-refractivity contribution is 5.69. The van der Waals surface area contributed by atoms with Gasteiger partial charge in [-0.1, -0.05) is 0 Å². The van der Waals surface area contributed by atoms with Gasteiger partial charge in [-0.3, -0.25) is 4.79 Å². The molecule has 0 radical (unpaired) electrons. The largest absolute Gasteiger partial charge is 0.481 e. The lowest BCUT2D eigenvalue weighted by Gasteiger charge is -2.29. The molecule has 8 heteroatoms. The Morgan fingerprint density at radius 3 is 2.83 bits per heavy atom. The predicted octanol–water partition coefficient (Wildman–Crippen LogP) is 1.09. The average molecular weight is 263 g/mol. The highest BCUT2D eigenvalue weighted by atomic mass is 19.4. The third kappa shape index (κ3) is 2.47. The third-order valence-electron chi connectivity index (χ3n) is 2.94. The zero-order chi connectivity index (χ0) is 13.5. The number of hydrogen-bond acceptors (Lipinski definition) is 3. The van der Waals surface area contributed by atoms with Gasteiger partial charge in [0.2, 0.25) is 0 Å². The van der Waals surface area contributed by atoms with Crippen molar-refractivity contribution in [3.63, 3.8) is 0 Å². The first-order chi connectivity index (χ1) is 8.27. The summed E-state index contributed by atoms with van der Waals surface area (Å²) < 4.78 is 39.2. The number of fused-ring (bicyclic) bond motifs is 1. The number of carboxylic acids is 1. The molecule has 18 heavy (non-hydrogen) atoms. The van der Waals surface area contributed by atoms with Gasteiger partial charge in [-0.15, -0.1) is 0 Å². The molecular formula is C10H12F3N3O2. The molecule has 1 aliphatic heterocycles. The van der Waals surface area contributed by atoms with E-state index in [0.717, 1.165) is 0 Å². The number of hydrogen-bond donors (Lipinski definition) is 2. The number of nitrogens with two attached hydrogens (primary N) is 1. The zero-order valence-electron chi connectivity index (χ0n) is 9.31. The number of nitrogens with zero attached hydrogens (tertiary/aromatic N) is 2. The van der Waals surface area contributed by atoms with Gasteiger partial charge in [0.1, 0.15) is 5.82 Å². The fourth-order valence-corrected chi connectivity index (χ4v) is 2.13. The predicted molar refractivity (Wildman–Crippen MR) is 54.7 cm³/mol. The van der Waals surface area contributed by atoms with E-state index in [1.807, 2.05) is 0 Å². The minimum Gasteiger partial charge on any atom is -0.481 e. The van der Waals surface area contributed by atoms with Crippen molar-refractivity contribution in [1.29, 1.82) is 0 Å². The molecule has 0 fully saturated rings. The zero-order valence-corrected chi connectivity index (χ0v) is 9.31. The van der Waals surface area contributed by atoms with E-state index in [9.17, 15) is 18.0 Å². The van der Waals surface area contributed by atoms with Gasteiger partial charge in [0.25, 0.3) is 0 Å². The van der Waals surface area contributed by atoms with Gasteiger partial charge in [0.05, 0.1) is 24.1 Å². The molecule has 3 N–H and O–H groups in total. The Morgan fingerprint density at radius 1 is 1.61 bits per heavy atom. The average Bonchev–Trinajstić information content (AvgIpc) is 2.58. The van der Waals surface area contributed by atoms with Crippen molar-refractivity contribution in [1.82, 2.24) is 9.55 Å². The van der Waals surface area contributed by atoms with Crippen molar-refractivity contribution in [2.45, 2.75) is 31.6 Å². The number of alkyl halides is 3. The van der Waals surface area contributed by atoms with Gasteiger partial charge in [-0.05, 0) is 6.42 Å². The minimum atomic E-state index is -4.30. The van der Waals surface area contributed by atoms with Crippen molar-refractivity contribution < 1.29 is 23.1 Å². The van der Waals surface area contributed by atoms with Crippen molar-refractivity contribution in [3.05, 3.63) is 17.7 Å². The molecule has 0 amide bonds. The highest BCUT2D eigenvalue weighted by Gasteiger charge is 2.43. The fourth-order valence-electron chi connectivity index (χ4n) is 2.13. The number of carboxylic acid groups (broad SMARTS) is 1. The molecule has 5 nitrogen and oxygen atoms in total. The Balaban J connectivity index is 2.25. The Labute approximate surface area is 100 Å². The molecule has 2 rings (SSSR count). The van der Waals surface area contributed by atoms with E-state index in [2.05, 4.69) is 4.98 Å². The fraction of sp³-hybridized carbons (Fsp3) is 0.600. The number of carbonyl (C=O) groups is 1. The van der Waals surface area contributed by atoms with Crippen molar-refractivity contribution >= 4 is 5.97 Å². The van der Waals surface area contributed by atoms with E-state index >= 15 is 0 Å². The molecular weight excluding hydrogens is 251 g/mol. The van der Waals surface area contributed by atoms with Gasteiger partial charge >= 0.3 is 12.1 Å². The Hall–Kier alpha value is -1.57. The second-order valence-corrected chi connectivity index (χ2v) is 4.39. The van der Waals surface area contributed by atoms with Crippen LogP contribution in [-0.2, 0) is 17.8 Å². The summed E-state index contributed by atoms with van der Waals surface area (Å²) >= 11 is 0. The number of halogens is 3. The first-order valence-corrected chi connectivity index (χ1v) is 5.37. The van der Waals surface area contributed by atoms with Crippen LogP contribution in [0.2, 0.25) is 0 Å². The van der Waals surface area contributed by atoms with Crippen LogP contribution in [0, 0.1) is 5.92 Å². The first kappa shape index (κ1) is 12.9. The van der Waals surface area contributed by atoms with Crippen molar-refractivity contribution in [3.8, 4) is 0 Å². The summed E-state index contributed by atoms with van der Waals surface area (Å²) in [4.78, 5) is 14.5. The normalized spacial score (nSPS) is 23.8. The van der Waals surface area contributed by atoms with E-state index in [0.29, 0.717) is 5.82 Å². The third-order valence-corrected chi connectivity index (χ3v) is 2.94. The number of aliphatic carboxylic acids is 1. The number of rotatable bonds is 2. The van der Waals surface area contributed by atoms with E-state index < -0.39 is 24.1 Å². The second kappa shape index (κ2) is 4.27. The first-order valence-electron chi connectivity index (χ1n) is 5.37. The molecule has 0 spiro atoms. The SMILES string of the molecule is NC1CC(C(F)(F)F)Cn2cc(CC(=O)O)nc21. The van der Waals surface area contributed by atoms with Crippen LogP contribution in [0.5, 0.6) is 0 Å². The van der Waals surface area contributed by atoms with E-state index in [4.69, 9.17) is 10.8 Å². The number of aromatic nitrogens is 2. The monoisotopic (exact) mass is 263 g/mol. The Kier molecular flexibility index (Phi) is 3.05. The van der Waals surface area contributed by atoms with Crippen LogP contribution in [-0.4, -0.2) is 26.8 Å². The molecule has 0 aliphatic carbocycles. The molecule has 0 saturated heterocycles. The molecule has 2 atom stereocenters. The highest BCUT2D eigenvalue weighted by Crippen LogP contribution is 2.37. The molecule has 2 unspecified atom stereocenters. The van der Waals surface area contributed by atoms with Crippen LogP contribution >= 0.6 is 0 Å². The summed E-state index contributed by atoms with van der Waals surface area (Å²) in [6.45, 7) is -0.251. The van der Waals surface area contributed by atoms with Gasteiger partial charge < -0.3 is 15.4 Å². The summed E-state index contributed by atoms with van der Waals surface area (Å²) in [6, 6.07) is -0.812. The lowest BCUT2D eigenvalue weighted by Crippen LogP contribution is -2.36. The van der Waals surface area contributed by atoms with Gasteiger partial charge in [0.15, 0.2) is 0 Å². The molecule has 0 aromatic carbocycles. The topological polar surface area (TPSA) is 81.1 Å². The van der Waals surface area contributed by atoms with E-state index in [1.54, 1.807) is 0 Å². The van der Waals surface area contributed by atoms with Crippen LogP contribution in [0.25, 0.3) is 0 Å². The van der Waals surface area contributed by atoms with Crippen LogP contribution in [0.3, 0.4) is 0 Å². The Morgan fingerprint density at radius 2 is 2.28 bits per heavy atom. The van der Waals surface area contributed by atoms with Crippen LogP contribution in [0.4, 0.5) is 13.2 Å². The maximum absolute atomic E-state index is 12.6.